The monoisotopic (exact) mass is 218 g/mol. The van der Waals surface area contributed by atoms with Crippen molar-refractivity contribution in [3.8, 4) is 0 Å². The molecule has 3 nitrogen and oxygen atoms in total. The molecule has 1 aromatic rings. The van der Waals surface area contributed by atoms with Crippen LogP contribution >= 0.6 is 0 Å². The molecule has 1 saturated carbocycles. The van der Waals surface area contributed by atoms with E-state index in [2.05, 4.69) is 0 Å². The van der Waals surface area contributed by atoms with Crippen LogP contribution in [0.2, 0.25) is 0 Å². The molecule has 1 amide bonds. The number of nitrogens with zero attached hydrogens (tertiary/aromatic N) is 1. The highest BCUT2D eigenvalue weighted by atomic mass is 16.2. The van der Waals surface area contributed by atoms with Gasteiger partial charge in [-0.25, -0.2) is 0 Å². The second kappa shape index (κ2) is 4.66. The van der Waals surface area contributed by atoms with E-state index in [0.717, 1.165) is 24.1 Å². The smallest absolute Gasteiger partial charge is 0.226 e. The van der Waals surface area contributed by atoms with Crippen molar-refractivity contribution in [1.82, 2.24) is 0 Å². The van der Waals surface area contributed by atoms with Gasteiger partial charge in [-0.15, -0.1) is 0 Å². The Labute approximate surface area is 96.2 Å². The quantitative estimate of drug-likeness (QED) is 0.840. The minimum Gasteiger partial charge on any atom is -0.326 e. The predicted octanol–water partition coefficient (Wildman–Crippen LogP) is 2.05. The van der Waals surface area contributed by atoms with E-state index in [4.69, 9.17) is 5.73 Å². The molecule has 0 aromatic heterocycles. The fraction of sp³-hybridized carbons (Fsp3) is 0.462. The van der Waals surface area contributed by atoms with Crippen molar-refractivity contribution in [2.45, 2.75) is 38.8 Å². The molecule has 0 saturated heterocycles. The summed E-state index contributed by atoms with van der Waals surface area (Å²) in [5.41, 5.74) is 7.66. The fourth-order valence-electron chi connectivity index (χ4n) is 1.85. The van der Waals surface area contributed by atoms with Crippen LogP contribution in [0.4, 0.5) is 5.69 Å². The SMILES string of the molecule is CCC(=O)N(c1ccc(CN)cc1)C1CC1. The lowest BCUT2D eigenvalue weighted by atomic mass is 10.2. The summed E-state index contributed by atoms with van der Waals surface area (Å²) in [6, 6.07) is 8.40. The van der Waals surface area contributed by atoms with E-state index in [1.165, 1.54) is 0 Å². The van der Waals surface area contributed by atoms with E-state index in [1.54, 1.807) is 0 Å². The van der Waals surface area contributed by atoms with Crippen molar-refractivity contribution in [3.05, 3.63) is 29.8 Å². The van der Waals surface area contributed by atoms with E-state index >= 15 is 0 Å². The Morgan fingerprint density at radius 1 is 1.38 bits per heavy atom. The Kier molecular flexibility index (Phi) is 3.25. The maximum atomic E-state index is 11.8. The summed E-state index contributed by atoms with van der Waals surface area (Å²) in [7, 11) is 0. The van der Waals surface area contributed by atoms with Gasteiger partial charge in [0.1, 0.15) is 0 Å². The largest absolute Gasteiger partial charge is 0.326 e. The number of nitrogens with two attached hydrogens (primary N) is 1. The van der Waals surface area contributed by atoms with Gasteiger partial charge in [0.2, 0.25) is 5.91 Å². The topological polar surface area (TPSA) is 46.3 Å². The van der Waals surface area contributed by atoms with Crippen LogP contribution in [-0.2, 0) is 11.3 Å². The average Bonchev–Trinajstić information content (AvgIpc) is 3.14. The van der Waals surface area contributed by atoms with E-state index in [9.17, 15) is 4.79 Å². The van der Waals surface area contributed by atoms with Gasteiger partial charge in [0.05, 0.1) is 0 Å². The molecule has 0 spiro atoms. The van der Waals surface area contributed by atoms with Gasteiger partial charge in [-0.2, -0.15) is 0 Å². The zero-order valence-corrected chi connectivity index (χ0v) is 9.65. The molecule has 0 radical (unpaired) electrons. The van der Waals surface area contributed by atoms with Crippen molar-refractivity contribution in [1.29, 1.82) is 0 Å². The van der Waals surface area contributed by atoms with Crippen LogP contribution in [0.25, 0.3) is 0 Å². The second-order valence-electron chi connectivity index (χ2n) is 4.22. The van der Waals surface area contributed by atoms with Crippen molar-refractivity contribution in [3.63, 3.8) is 0 Å². The number of rotatable bonds is 4. The van der Waals surface area contributed by atoms with Crippen LogP contribution in [0.15, 0.2) is 24.3 Å². The van der Waals surface area contributed by atoms with Gasteiger partial charge in [0.25, 0.3) is 0 Å². The number of benzene rings is 1. The standard InChI is InChI=1S/C13H18N2O/c1-2-13(16)15(12-7-8-12)11-5-3-10(9-14)4-6-11/h3-6,12H,2,7-9,14H2,1H3. The molecule has 2 N–H and O–H groups in total. The number of carbonyl (C=O) groups excluding carboxylic acids is 1. The third-order valence-electron chi connectivity index (χ3n) is 2.93. The lowest BCUT2D eigenvalue weighted by molar-refractivity contribution is -0.118. The summed E-state index contributed by atoms with van der Waals surface area (Å²) in [4.78, 5) is 13.8. The van der Waals surface area contributed by atoms with E-state index < -0.39 is 0 Å². The number of hydrogen-bond acceptors (Lipinski definition) is 2. The fourth-order valence-corrected chi connectivity index (χ4v) is 1.85. The molecule has 0 bridgehead atoms. The first-order valence-corrected chi connectivity index (χ1v) is 5.87. The molecule has 3 heteroatoms. The number of carbonyl (C=O) groups is 1. The number of amides is 1. The highest BCUT2D eigenvalue weighted by Gasteiger charge is 2.32. The molecule has 0 unspecified atom stereocenters. The molecular weight excluding hydrogens is 200 g/mol. The zero-order chi connectivity index (χ0) is 11.5. The average molecular weight is 218 g/mol. The maximum absolute atomic E-state index is 11.8. The van der Waals surface area contributed by atoms with Crippen molar-refractivity contribution < 1.29 is 4.79 Å². The summed E-state index contributed by atoms with van der Waals surface area (Å²) in [5.74, 6) is 0.211. The molecule has 0 atom stereocenters. The van der Waals surface area contributed by atoms with Gasteiger partial charge in [-0.3, -0.25) is 4.79 Å². The van der Waals surface area contributed by atoms with Gasteiger partial charge in [-0.05, 0) is 30.5 Å². The minimum absolute atomic E-state index is 0.211. The molecule has 2 rings (SSSR count). The second-order valence-corrected chi connectivity index (χ2v) is 4.22. The summed E-state index contributed by atoms with van der Waals surface area (Å²) >= 11 is 0. The molecule has 1 aliphatic carbocycles. The Bertz CT molecular complexity index is 368. The van der Waals surface area contributed by atoms with Gasteiger partial charge in [0.15, 0.2) is 0 Å². The summed E-state index contributed by atoms with van der Waals surface area (Å²) in [6.07, 6.45) is 2.82. The highest BCUT2D eigenvalue weighted by Crippen LogP contribution is 2.32. The first-order chi connectivity index (χ1) is 7.76. The van der Waals surface area contributed by atoms with Crippen LogP contribution in [0.1, 0.15) is 31.7 Å². The van der Waals surface area contributed by atoms with Gasteiger partial charge >= 0.3 is 0 Å². The minimum atomic E-state index is 0.211. The molecule has 1 aliphatic rings. The normalized spacial score (nSPS) is 14.9. The third-order valence-corrected chi connectivity index (χ3v) is 2.93. The molecule has 16 heavy (non-hydrogen) atoms. The summed E-state index contributed by atoms with van der Waals surface area (Å²) < 4.78 is 0. The first kappa shape index (κ1) is 11.1. The molecule has 1 aromatic carbocycles. The number of anilines is 1. The van der Waals surface area contributed by atoms with Crippen molar-refractivity contribution in [2.75, 3.05) is 4.90 Å². The van der Waals surface area contributed by atoms with Crippen molar-refractivity contribution >= 4 is 11.6 Å². The number of hydrogen-bond donors (Lipinski definition) is 1. The van der Waals surface area contributed by atoms with Crippen molar-refractivity contribution in [2.24, 2.45) is 5.73 Å². The molecular formula is C13H18N2O. The van der Waals surface area contributed by atoms with Crippen LogP contribution in [0, 0.1) is 0 Å². The third kappa shape index (κ3) is 2.25. The van der Waals surface area contributed by atoms with Gasteiger partial charge in [0, 0.05) is 24.7 Å². The zero-order valence-electron chi connectivity index (χ0n) is 9.65. The Morgan fingerprint density at radius 3 is 2.44 bits per heavy atom. The van der Waals surface area contributed by atoms with Crippen LogP contribution in [0.5, 0.6) is 0 Å². The molecule has 0 heterocycles. The Hall–Kier alpha value is -1.35. The predicted molar refractivity (Wildman–Crippen MR) is 65.1 cm³/mol. The van der Waals surface area contributed by atoms with E-state index in [0.29, 0.717) is 19.0 Å². The lowest BCUT2D eigenvalue weighted by Gasteiger charge is -2.22. The maximum Gasteiger partial charge on any atom is 0.226 e. The van der Waals surface area contributed by atoms with Crippen LogP contribution < -0.4 is 10.6 Å². The van der Waals surface area contributed by atoms with Crippen LogP contribution in [0.3, 0.4) is 0 Å². The summed E-state index contributed by atoms with van der Waals surface area (Å²) in [5, 5.41) is 0. The van der Waals surface area contributed by atoms with E-state index in [1.807, 2.05) is 36.1 Å². The van der Waals surface area contributed by atoms with Crippen LogP contribution in [-0.4, -0.2) is 11.9 Å². The lowest BCUT2D eigenvalue weighted by Crippen LogP contribution is -2.32. The van der Waals surface area contributed by atoms with E-state index in [-0.39, 0.29) is 5.91 Å². The summed E-state index contributed by atoms with van der Waals surface area (Å²) in [6.45, 7) is 2.46. The molecule has 1 fully saturated rings. The molecule has 0 aliphatic heterocycles. The Balaban J connectivity index is 2.21. The van der Waals surface area contributed by atoms with Gasteiger partial charge < -0.3 is 10.6 Å². The first-order valence-electron chi connectivity index (χ1n) is 5.87. The highest BCUT2D eigenvalue weighted by molar-refractivity contribution is 5.94. The van der Waals surface area contributed by atoms with Gasteiger partial charge in [-0.1, -0.05) is 19.1 Å². The Morgan fingerprint density at radius 2 is 2.00 bits per heavy atom. The molecule has 86 valence electrons.